The van der Waals surface area contributed by atoms with Crippen LogP contribution in [0.5, 0.6) is 0 Å². The molecule has 1 saturated carbocycles. The van der Waals surface area contributed by atoms with Crippen LogP contribution in [0.2, 0.25) is 0 Å². The van der Waals surface area contributed by atoms with Crippen molar-refractivity contribution in [2.75, 3.05) is 27.3 Å². The molecule has 3 rings (SSSR count). The third kappa shape index (κ3) is 4.97. The first kappa shape index (κ1) is 21.8. The number of nitrogens with one attached hydrogen (secondary N) is 1. The Kier molecular flexibility index (Phi) is 6.93. The van der Waals surface area contributed by atoms with Crippen LogP contribution >= 0.6 is 7.60 Å². The lowest BCUT2D eigenvalue weighted by Crippen LogP contribution is -2.66. The molecule has 2 amide bonds. The van der Waals surface area contributed by atoms with Gasteiger partial charge in [-0.3, -0.25) is 14.2 Å². The first-order valence-corrected chi connectivity index (χ1v) is 11.6. The highest BCUT2D eigenvalue weighted by Gasteiger charge is 2.52. The number of benzene rings is 1. The van der Waals surface area contributed by atoms with E-state index in [-0.39, 0.29) is 17.7 Å². The van der Waals surface area contributed by atoms with Crippen LogP contribution in [0.3, 0.4) is 0 Å². The standard InChI is InChI=1S/C21H29N2O5P/c1-27-29(26,28-2)14-11-17-15-21(16-17,20(25)23-12-7-4-8-13-23)22-19(24)18-9-5-3-6-10-18/h3,5-6,9-11,14,17H,4,7-8,12-13,15-16H2,1-2H3,(H,22,24)/b14-11+. The molecule has 1 aromatic rings. The van der Waals surface area contributed by atoms with Crippen LogP contribution in [0, 0.1) is 5.92 Å². The van der Waals surface area contributed by atoms with Gasteiger partial charge in [0.25, 0.3) is 5.91 Å². The molecule has 1 aliphatic heterocycles. The van der Waals surface area contributed by atoms with Gasteiger partial charge in [-0.1, -0.05) is 24.3 Å². The Morgan fingerprint density at radius 2 is 1.72 bits per heavy atom. The summed E-state index contributed by atoms with van der Waals surface area (Å²) in [6, 6.07) is 8.91. The van der Waals surface area contributed by atoms with E-state index in [2.05, 4.69) is 5.32 Å². The van der Waals surface area contributed by atoms with Gasteiger partial charge in [-0.2, -0.15) is 0 Å². The minimum absolute atomic E-state index is 0.0124. The van der Waals surface area contributed by atoms with Crippen molar-refractivity contribution in [2.24, 2.45) is 5.92 Å². The van der Waals surface area contributed by atoms with E-state index in [9.17, 15) is 14.2 Å². The molecule has 0 radical (unpaired) electrons. The van der Waals surface area contributed by atoms with E-state index in [1.54, 1.807) is 30.3 Å². The lowest BCUT2D eigenvalue weighted by Gasteiger charge is -2.48. The van der Waals surface area contributed by atoms with Crippen LogP contribution in [0.25, 0.3) is 0 Å². The van der Waals surface area contributed by atoms with E-state index in [1.807, 2.05) is 11.0 Å². The number of hydrogen-bond acceptors (Lipinski definition) is 5. The Labute approximate surface area is 172 Å². The average Bonchev–Trinajstić information content (AvgIpc) is 2.75. The third-order valence-electron chi connectivity index (χ3n) is 5.71. The minimum Gasteiger partial charge on any atom is -0.341 e. The van der Waals surface area contributed by atoms with Crippen LogP contribution in [0.15, 0.2) is 42.2 Å². The zero-order valence-electron chi connectivity index (χ0n) is 17.0. The van der Waals surface area contributed by atoms with Gasteiger partial charge >= 0.3 is 7.60 Å². The average molecular weight is 420 g/mol. The van der Waals surface area contributed by atoms with Gasteiger partial charge < -0.3 is 19.3 Å². The number of allylic oxidation sites excluding steroid dienone is 1. The van der Waals surface area contributed by atoms with E-state index in [0.717, 1.165) is 32.4 Å². The normalized spacial score (nSPS) is 24.9. The predicted molar refractivity (Wildman–Crippen MR) is 111 cm³/mol. The molecule has 2 aliphatic rings. The zero-order valence-corrected chi connectivity index (χ0v) is 17.9. The van der Waals surface area contributed by atoms with Gasteiger partial charge in [-0.05, 0) is 50.2 Å². The molecule has 0 atom stereocenters. The number of amides is 2. The highest BCUT2D eigenvalue weighted by Crippen LogP contribution is 2.50. The molecule has 0 unspecified atom stereocenters. The SMILES string of the molecule is COP(=O)(/C=C/C1CC(NC(=O)c2ccccc2)(C(=O)N2CCCCC2)C1)OC. The van der Waals surface area contributed by atoms with Crippen LogP contribution in [0.4, 0.5) is 0 Å². The Hall–Kier alpha value is -1.95. The molecule has 1 heterocycles. The molecule has 0 bridgehead atoms. The number of hydrogen-bond donors (Lipinski definition) is 1. The number of carbonyl (C=O) groups is 2. The fourth-order valence-electron chi connectivity index (χ4n) is 4.00. The Bertz CT molecular complexity index is 791. The fraction of sp³-hybridized carbons (Fsp3) is 0.524. The second-order valence-corrected chi connectivity index (χ2v) is 9.78. The van der Waals surface area contributed by atoms with Crippen LogP contribution in [-0.2, 0) is 18.4 Å². The maximum absolute atomic E-state index is 13.3. The van der Waals surface area contributed by atoms with E-state index >= 15 is 0 Å². The highest BCUT2D eigenvalue weighted by atomic mass is 31.2. The lowest BCUT2D eigenvalue weighted by molar-refractivity contribution is -0.144. The Morgan fingerprint density at radius 1 is 1.10 bits per heavy atom. The largest absolute Gasteiger partial charge is 0.353 e. The summed E-state index contributed by atoms with van der Waals surface area (Å²) in [4.78, 5) is 27.9. The van der Waals surface area contributed by atoms with Gasteiger partial charge in [-0.25, -0.2) is 0 Å². The summed E-state index contributed by atoms with van der Waals surface area (Å²) in [7, 11) is -0.579. The molecule has 7 nitrogen and oxygen atoms in total. The smallest absolute Gasteiger partial charge is 0.341 e. The summed E-state index contributed by atoms with van der Waals surface area (Å²) in [5, 5.41) is 3.00. The molecular weight excluding hydrogens is 391 g/mol. The highest BCUT2D eigenvalue weighted by molar-refractivity contribution is 7.57. The second-order valence-electron chi connectivity index (χ2n) is 7.67. The molecule has 1 N–H and O–H groups in total. The fourth-order valence-corrected chi connectivity index (χ4v) is 4.85. The number of nitrogens with zero attached hydrogens (tertiary/aromatic N) is 1. The number of carbonyl (C=O) groups excluding carboxylic acids is 2. The molecule has 8 heteroatoms. The molecule has 2 fully saturated rings. The summed E-state index contributed by atoms with van der Waals surface area (Å²) in [5.74, 6) is 1.18. The first-order valence-electron chi connectivity index (χ1n) is 9.99. The van der Waals surface area contributed by atoms with Gasteiger partial charge in [-0.15, -0.1) is 0 Å². The van der Waals surface area contributed by atoms with Crippen molar-refractivity contribution in [3.05, 3.63) is 47.8 Å². The van der Waals surface area contributed by atoms with Crippen molar-refractivity contribution in [2.45, 2.75) is 37.6 Å². The molecule has 0 aromatic heterocycles. The van der Waals surface area contributed by atoms with Crippen molar-refractivity contribution >= 4 is 19.4 Å². The summed E-state index contributed by atoms with van der Waals surface area (Å²) in [5.41, 5.74) is -0.399. The van der Waals surface area contributed by atoms with Crippen LogP contribution in [0.1, 0.15) is 42.5 Å². The number of likely N-dealkylation sites (tertiary alicyclic amines) is 1. The van der Waals surface area contributed by atoms with Gasteiger partial charge in [0.2, 0.25) is 5.91 Å². The van der Waals surface area contributed by atoms with Gasteiger partial charge in [0.05, 0.1) is 0 Å². The molecule has 1 aromatic carbocycles. The molecule has 1 aliphatic carbocycles. The quantitative estimate of drug-likeness (QED) is 0.682. The van der Waals surface area contributed by atoms with Crippen LogP contribution in [-0.4, -0.2) is 49.6 Å². The van der Waals surface area contributed by atoms with E-state index in [1.165, 1.54) is 20.0 Å². The van der Waals surface area contributed by atoms with Crippen molar-refractivity contribution in [1.29, 1.82) is 0 Å². The van der Waals surface area contributed by atoms with Crippen molar-refractivity contribution < 1.29 is 23.2 Å². The summed E-state index contributed by atoms with van der Waals surface area (Å²) >= 11 is 0. The summed E-state index contributed by atoms with van der Waals surface area (Å²) < 4.78 is 22.1. The summed E-state index contributed by atoms with van der Waals surface area (Å²) in [6.07, 6.45) is 5.80. The van der Waals surface area contributed by atoms with Crippen molar-refractivity contribution in [3.8, 4) is 0 Å². The lowest BCUT2D eigenvalue weighted by atomic mass is 9.67. The zero-order chi connectivity index (χ0) is 20.9. The maximum Gasteiger partial charge on any atom is 0.353 e. The van der Waals surface area contributed by atoms with Crippen LogP contribution < -0.4 is 5.32 Å². The second kappa shape index (κ2) is 9.24. The summed E-state index contributed by atoms with van der Waals surface area (Å²) in [6.45, 7) is 1.45. The molecular formula is C21H29N2O5P. The molecule has 158 valence electrons. The van der Waals surface area contributed by atoms with Gasteiger partial charge in [0, 0.05) is 38.7 Å². The van der Waals surface area contributed by atoms with Crippen molar-refractivity contribution in [3.63, 3.8) is 0 Å². The van der Waals surface area contributed by atoms with E-state index in [4.69, 9.17) is 9.05 Å². The number of piperidine rings is 1. The number of rotatable bonds is 7. The monoisotopic (exact) mass is 420 g/mol. The van der Waals surface area contributed by atoms with Gasteiger partial charge in [0.15, 0.2) is 0 Å². The molecule has 0 spiro atoms. The van der Waals surface area contributed by atoms with Gasteiger partial charge in [0.1, 0.15) is 5.54 Å². The molecule has 1 saturated heterocycles. The van der Waals surface area contributed by atoms with Crippen molar-refractivity contribution in [1.82, 2.24) is 10.2 Å². The minimum atomic E-state index is -3.24. The van der Waals surface area contributed by atoms with E-state index in [0.29, 0.717) is 18.4 Å². The maximum atomic E-state index is 13.3. The third-order valence-corrected chi connectivity index (χ3v) is 7.27. The Morgan fingerprint density at radius 3 is 2.31 bits per heavy atom. The molecule has 29 heavy (non-hydrogen) atoms. The Balaban J connectivity index is 1.75. The topological polar surface area (TPSA) is 84.9 Å². The predicted octanol–water partition coefficient (Wildman–Crippen LogP) is 3.58. The van der Waals surface area contributed by atoms with E-state index < -0.39 is 13.1 Å². The first-order chi connectivity index (χ1) is 13.9.